The summed E-state index contributed by atoms with van der Waals surface area (Å²) in [5, 5.41) is 13.2. The molecule has 0 bridgehead atoms. The molecule has 8 heteroatoms. The molecule has 0 atom stereocenters. The maximum Gasteiger partial charge on any atom is 0.269 e. The van der Waals surface area contributed by atoms with Gasteiger partial charge in [-0.25, -0.2) is 0 Å². The van der Waals surface area contributed by atoms with Crippen LogP contribution in [0.15, 0.2) is 64.6 Å². The van der Waals surface area contributed by atoms with Crippen LogP contribution in [0.2, 0.25) is 0 Å². The Labute approximate surface area is 233 Å². The van der Waals surface area contributed by atoms with Crippen LogP contribution in [0.3, 0.4) is 0 Å². The average molecular weight is 543 g/mol. The third-order valence-electron chi connectivity index (χ3n) is 8.22. The van der Waals surface area contributed by atoms with Crippen molar-refractivity contribution in [2.45, 2.75) is 82.8 Å². The van der Waals surface area contributed by atoms with Gasteiger partial charge in [0.1, 0.15) is 0 Å². The molecule has 1 aromatic heterocycles. The monoisotopic (exact) mass is 542 g/mol. The van der Waals surface area contributed by atoms with Crippen molar-refractivity contribution in [2.24, 2.45) is 4.99 Å². The topological polar surface area (TPSA) is 80.7 Å². The highest BCUT2D eigenvalue weighted by Gasteiger charge is 2.39. The number of aromatic nitrogens is 1. The molecule has 2 heterocycles. The first-order valence-electron chi connectivity index (χ1n) is 14.2. The lowest BCUT2D eigenvalue weighted by Gasteiger charge is -2.31. The molecule has 0 radical (unpaired) electrons. The number of nitrogens with zero attached hydrogens (tertiary/aromatic N) is 4. The molecule has 3 aliphatic rings. The standard InChI is InChI=1S/C31H34N4O3S/c36-30-29(39-31(32-24-11-3-1-4-12-24)34(30)25-13-5-2-6-14-25)19-23-21-33(28-17-8-7-16-27(23)28)20-22-10-9-15-26(18-22)35(37)38/h7-10,15-19,21,24-25H,1-6,11-14,20H2. The van der Waals surface area contributed by atoms with E-state index in [-0.39, 0.29) is 22.6 Å². The first kappa shape index (κ1) is 25.9. The van der Waals surface area contributed by atoms with Gasteiger partial charge in [-0.2, -0.15) is 0 Å². The smallest absolute Gasteiger partial charge is 0.269 e. The van der Waals surface area contributed by atoms with Gasteiger partial charge in [-0.05, 0) is 55.2 Å². The number of para-hydroxylation sites is 1. The molecule has 1 amide bonds. The van der Waals surface area contributed by atoms with Crippen LogP contribution in [-0.2, 0) is 11.3 Å². The van der Waals surface area contributed by atoms with Crippen molar-refractivity contribution in [3.8, 4) is 0 Å². The molecule has 1 saturated heterocycles. The maximum atomic E-state index is 13.9. The normalized spacial score (nSPS) is 21.4. The number of carbonyl (C=O) groups excluding carboxylic acids is 1. The van der Waals surface area contributed by atoms with Crippen LogP contribution in [0, 0.1) is 10.1 Å². The van der Waals surface area contributed by atoms with Crippen molar-refractivity contribution < 1.29 is 9.72 Å². The molecule has 2 saturated carbocycles. The fourth-order valence-electron chi connectivity index (χ4n) is 6.23. The number of fused-ring (bicyclic) bond motifs is 1. The first-order valence-corrected chi connectivity index (χ1v) is 15.0. The highest BCUT2D eigenvalue weighted by molar-refractivity contribution is 8.18. The molecule has 2 aromatic carbocycles. The molecule has 3 fully saturated rings. The summed E-state index contributed by atoms with van der Waals surface area (Å²) >= 11 is 1.54. The van der Waals surface area contributed by atoms with Gasteiger partial charge in [0.15, 0.2) is 5.17 Å². The predicted molar refractivity (Wildman–Crippen MR) is 158 cm³/mol. The first-order chi connectivity index (χ1) is 19.1. The van der Waals surface area contributed by atoms with Crippen LogP contribution in [-0.4, -0.2) is 37.5 Å². The summed E-state index contributed by atoms with van der Waals surface area (Å²) in [6, 6.07) is 15.5. The maximum absolute atomic E-state index is 13.9. The fourth-order valence-corrected chi connectivity index (χ4v) is 7.33. The zero-order valence-corrected chi connectivity index (χ0v) is 22.9. The molecular formula is C31H34N4O3S. The number of aliphatic imine (C=N–C) groups is 1. The second-order valence-electron chi connectivity index (χ2n) is 10.9. The van der Waals surface area contributed by atoms with Gasteiger partial charge in [0.2, 0.25) is 0 Å². The van der Waals surface area contributed by atoms with Crippen molar-refractivity contribution in [3.63, 3.8) is 0 Å². The number of non-ortho nitro benzene ring substituents is 1. The van der Waals surface area contributed by atoms with E-state index in [0.29, 0.717) is 12.6 Å². The van der Waals surface area contributed by atoms with Gasteiger partial charge in [-0.15, -0.1) is 0 Å². The number of nitro benzene ring substituents is 1. The minimum absolute atomic E-state index is 0.0805. The summed E-state index contributed by atoms with van der Waals surface area (Å²) in [7, 11) is 0. The molecule has 0 spiro atoms. The van der Waals surface area contributed by atoms with Crippen molar-refractivity contribution >= 4 is 45.5 Å². The Bertz CT molecular complexity index is 1450. The van der Waals surface area contributed by atoms with Gasteiger partial charge in [0, 0.05) is 47.4 Å². The lowest BCUT2D eigenvalue weighted by molar-refractivity contribution is -0.384. The highest BCUT2D eigenvalue weighted by atomic mass is 32.2. The Morgan fingerprint density at radius 2 is 1.72 bits per heavy atom. The van der Waals surface area contributed by atoms with Crippen LogP contribution in [0.25, 0.3) is 17.0 Å². The van der Waals surface area contributed by atoms with E-state index in [9.17, 15) is 14.9 Å². The van der Waals surface area contributed by atoms with E-state index in [0.717, 1.165) is 57.8 Å². The molecule has 7 nitrogen and oxygen atoms in total. The summed E-state index contributed by atoms with van der Waals surface area (Å²) in [5.74, 6) is 0.0805. The summed E-state index contributed by atoms with van der Waals surface area (Å²) in [5.41, 5.74) is 2.97. The van der Waals surface area contributed by atoms with Crippen LogP contribution in [0.4, 0.5) is 5.69 Å². The van der Waals surface area contributed by atoms with E-state index in [1.165, 1.54) is 56.4 Å². The largest absolute Gasteiger partial charge is 0.342 e. The van der Waals surface area contributed by atoms with E-state index in [4.69, 9.17) is 4.99 Å². The molecule has 39 heavy (non-hydrogen) atoms. The third-order valence-corrected chi connectivity index (χ3v) is 9.22. The van der Waals surface area contributed by atoms with Gasteiger partial charge in [-0.3, -0.25) is 24.8 Å². The number of rotatable bonds is 6. The molecule has 202 valence electrons. The zero-order chi connectivity index (χ0) is 26.8. The second kappa shape index (κ2) is 11.4. The van der Waals surface area contributed by atoms with Crippen molar-refractivity contribution in [3.05, 3.63) is 80.9 Å². The summed E-state index contributed by atoms with van der Waals surface area (Å²) in [4.78, 5) is 32.7. The highest BCUT2D eigenvalue weighted by Crippen LogP contribution is 2.39. The fraction of sp³-hybridized carbons (Fsp3) is 0.419. The van der Waals surface area contributed by atoms with Gasteiger partial charge < -0.3 is 4.57 Å². The lowest BCUT2D eigenvalue weighted by atomic mass is 9.94. The average Bonchev–Trinajstić information content (AvgIpc) is 3.46. The molecule has 0 N–H and O–H groups in total. The molecule has 6 rings (SSSR count). The van der Waals surface area contributed by atoms with Crippen molar-refractivity contribution in [1.29, 1.82) is 0 Å². The number of amides is 1. The zero-order valence-electron chi connectivity index (χ0n) is 22.1. The number of nitro groups is 1. The lowest BCUT2D eigenvalue weighted by Crippen LogP contribution is -2.41. The molecule has 0 unspecified atom stereocenters. The molecule has 3 aromatic rings. The molecule has 2 aliphatic carbocycles. The summed E-state index contributed by atoms with van der Waals surface area (Å²) in [6.45, 7) is 0.509. The molecular weight excluding hydrogens is 508 g/mol. The minimum atomic E-state index is -0.361. The number of benzene rings is 2. The minimum Gasteiger partial charge on any atom is -0.342 e. The Morgan fingerprint density at radius 3 is 2.49 bits per heavy atom. The van der Waals surface area contributed by atoms with Gasteiger partial charge in [0.25, 0.3) is 11.6 Å². The van der Waals surface area contributed by atoms with Gasteiger partial charge >= 0.3 is 0 Å². The van der Waals surface area contributed by atoms with Crippen LogP contribution >= 0.6 is 11.8 Å². The predicted octanol–water partition coefficient (Wildman–Crippen LogP) is 7.54. The van der Waals surface area contributed by atoms with E-state index < -0.39 is 0 Å². The van der Waals surface area contributed by atoms with Crippen LogP contribution in [0.1, 0.15) is 75.3 Å². The van der Waals surface area contributed by atoms with E-state index in [2.05, 4.69) is 22.9 Å². The Morgan fingerprint density at radius 1 is 0.974 bits per heavy atom. The Balaban J connectivity index is 1.34. The van der Waals surface area contributed by atoms with Crippen LogP contribution in [0.5, 0.6) is 0 Å². The van der Waals surface area contributed by atoms with E-state index >= 15 is 0 Å². The Kier molecular flexibility index (Phi) is 7.55. The molecule has 1 aliphatic heterocycles. The summed E-state index contributed by atoms with van der Waals surface area (Å²) in [6.07, 6.45) is 15.7. The van der Waals surface area contributed by atoms with E-state index in [1.54, 1.807) is 12.1 Å². The van der Waals surface area contributed by atoms with E-state index in [1.807, 2.05) is 29.2 Å². The van der Waals surface area contributed by atoms with Gasteiger partial charge in [0.05, 0.1) is 15.9 Å². The Hall–Kier alpha value is -3.39. The number of hydrogen-bond donors (Lipinski definition) is 0. The number of hydrogen-bond acceptors (Lipinski definition) is 5. The second-order valence-corrected chi connectivity index (χ2v) is 11.9. The summed E-state index contributed by atoms with van der Waals surface area (Å²) < 4.78 is 2.11. The van der Waals surface area contributed by atoms with Crippen LogP contribution < -0.4 is 0 Å². The number of thioether (sulfide) groups is 1. The third kappa shape index (κ3) is 5.53. The number of amidine groups is 1. The SMILES string of the molecule is O=C1C(=Cc2cn(Cc3cccc([N+](=O)[O-])c3)c3ccccc23)SC(=NC2CCCCC2)N1C1CCCCC1. The van der Waals surface area contributed by atoms with Gasteiger partial charge in [-0.1, -0.05) is 68.9 Å². The number of carbonyl (C=O) groups is 1. The quantitative estimate of drug-likeness (QED) is 0.183. The van der Waals surface area contributed by atoms with Crippen molar-refractivity contribution in [1.82, 2.24) is 9.47 Å². The van der Waals surface area contributed by atoms with Crippen molar-refractivity contribution in [2.75, 3.05) is 0 Å².